The van der Waals surface area contributed by atoms with E-state index < -0.39 is 0 Å². The summed E-state index contributed by atoms with van der Waals surface area (Å²) in [4.78, 5) is 11.6. The van der Waals surface area contributed by atoms with Crippen LogP contribution in [0.3, 0.4) is 0 Å². The molecule has 0 bridgehead atoms. The van der Waals surface area contributed by atoms with Crippen molar-refractivity contribution >= 4 is 11.7 Å². The molecule has 0 aliphatic heterocycles. The number of carbonyl (C=O) groups excluding carboxylic acids is 1. The fourth-order valence-electron chi connectivity index (χ4n) is 1.73. The van der Waals surface area contributed by atoms with Crippen molar-refractivity contribution in [3.05, 3.63) is 47.7 Å². The number of benzene rings is 1. The van der Waals surface area contributed by atoms with Crippen molar-refractivity contribution in [2.45, 2.75) is 26.2 Å². The van der Waals surface area contributed by atoms with Crippen LogP contribution in [0.5, 0.6) is 0 Å². The van der Waals surface area contributed by atoms with E-state index in [1.54, 1.807) is 13.0 Å². The van der Waals surface area contributed by atoms with Crippen molar-refractivity contribution in [3.63, 3.8) is 0 Å². The molecule has 0 unspecified atom stereocenters. The van der Waals surface area contributed by atoms with Gasteiger partial charge in [0.2, 0.25) is 5.91 Å². The first kappa shape index (κ1) is 12.4. The first-order chi connectivity index (χ1) is 8.74. The Balaban J connectivity index is 1.72. The number of anilines is 1. The molecule has 0 fully saturated rings. The first-order valence-electron chi connectivity index (χ1n) is 6.01. The molecule has 0 radical (unpaired) electrons. The molecule has 4 nitrogen and oxygen atoms in total. The summed E-state index contributed by atoms with van der Waals surface area (Å²) in [7, 11) is 0. The van der Waals surface area contributed by atoms with Crippen molar-refractivity contribution in [3.8, 4) is 0 Å². The van der Waals surface area contributed by atoms with Crippen LogP contribution in [0.4, 0.5) is 5.82 Å². The van der Waals surface area contributed by atoms with Gasteiger partial charge in [-0.2, -0.15) is 0 Å². The van der Waals surface area contributed by atoms with Crippen LogP contribution < -0.4 is 5.32 Å². The smallest absolute Gasteiger partial charge is 0.225 e. The van der Waals surface area contributed by atoms with Crippen LogP contribution in [0, 0.1) is 6.92 Å². The normalized spacial score (nSPS) is 10.3. The van der Waals surface area contributed by atoms with E-state index in [1.807, 2.05) is 18.2 Å². The summed E-state index contributed by atoms with van der Waals surface area (Å²) >= 11 is 0. The second-order valence-corrected chi connectivity index (χ2v) is 4.21. The van der Waals surface area contributed by atoms with Crippen LogP contribution in [0.25, 0.3) is 0 Å². The number of hydrogen-bond acceptors (Lipinski definition) is 3. The lowest BCUT2D eigenvalue weighted by Crippen LogP contribution is -2.11. The minimum absolute atomic E-state index is 0.0285. The second-order valence-electron chi connectivity index (χ2n) is 4.21. The van der Waals surface area contributed by atoms with Gasteiger partial charge >= 0.3 is 0 Å². The lowest BCUT2D eigenvalue weighted by molar-refractivity contribution is -0.116. The summed E-state index contributed by atoms with van der Waals surface area (Å²) in [6.07, 6.45) is 2.22. The monoisotopic (exact) mass is 244 g/mol. The molecule has 0 saturated heterocycles. The van der Waals surface area contributed by atoms with Crippen LogP contribution >= 0.6 is 0 Å². The Labute approximate surface area is 106 Å². The Morgan fingerprint density at radius 3 is 2.78 bits per heavy atom. The van der Waals surface area contributed by atoms with E-state index >= 15 is 0 Å². The lowest BCUT2D eigenvalue weighted by atomic mass is 10.1. The van der Waals surface area contributed by atoms with E-state index in [9.17, 15) is 4.79 Å². The van der Waals surface area contributed by atoms with Gasteiger partial charge in [-0.3, -0.25) is 4.79 Å². The molecule has 2 rings (SSSR count). The highest BCUT2D eigenvalue weighted by Gasteiger charge is 2.05. The van der Waals surface area contributed by atoms with E-state index in [0.717, 1.165) is 12.8 Å². The number of aryl methyl sites for hydroxylation is 2. The van der Waals surface area contributed by atoms with Crippen LogP contribution in [-0.2, 0) is 11.2 Å². The van der Waals surface area contributed by atoms with Gasteiger partial charge in [0.25, 0.3) is 0 Å². The van der Waals surface area contributed by atoms with Gasteiger partial charge in [0.05, 0.1) is 0 Å². The first-order valence-corrected chi connectivity index (χ1v) is 6.01. The fraction of sp³-hybridized carbons (Fsp3) is 0.286. The highest BCUT2D eigenvalue weighted by molar-refractivity contribution is 5.89. The Kier molecular flexibility index (Phi) is 4.12. The molecule has 1 heterocycles. The summed E-state index contributed by atoms with van der Waals surface area (Å²) in [5.41, 5.74) is 1.25. The number of rotatable bonds is 5. The van der Waals surface area contributed by atoms with Crippen LogP contribution in [0.1, 0.15) is 24.2 Å². The number of amides is 1. The molecule has 1 amide bonds. The number of hydrogen-bond donors (Lipinski definition) is 1. The van der Waals surface area contributed by atoms with Crippen molar-refractivity contribution in [2.75, 3.05) is 5.32 Å². The van der Waals surface area contributed by atoms with Crippen LogP contribution in [0.2, 0.25) is 0 Å². The molecule has 1 N–H and O–H groups in total. The van der Waals surface area contributed by atoms with E-state index in [0.29, 0.717) is 18.0 Å². The molecule has 0 saturated carbocycles. The molecular formula is C14H16N2O2. The zero-order valence-electron chi connectivity index (χ0n) is 10.3. The summed E-state index contributed by atoms with van der Waals surface area (Å²) in [5.74, 6) is 1.14. The van der Waals surface area contributed by atoms with Crippen molar-refractivity contribution in [1.29, 1.82) is 0 Å². The molecule has 0 atom stereocenters. The Morgan fingerprint density at radius 1 is 1.33 bits per heavy atom. The SMILES string of the molecule is Cc1cc(NC(=O)CCCc2ccccc2)no1. The average Bonchev–Trinajstić information content (AvgIpc) is 2.76. The van der Waals surface area contributed by atoms with Crippen LogP contribution in [-0.4, -0.2) is 11.1 Å². The van der Waals surface area contributed by atoms with Gasteiger partial charge < -0.3 is 9.84 Å². The number of aromatic nitrogens is 1. The molecule has 4 heteroatoms. The van der Waals surface area contributed by atoms with Crippen molar-refractivity contribution in [2.24, 2.45) is 0 Å². The maximum absolute atomic E-state index is 11.6. The zero-order chi connectivity index (χ0) is 12.8. The lowest BCUT2D eigenvalue weighted by Gasteiger charge is -2.01. The molecule has 2 aromatic rings. The predicted molar refractivity (Wildman–Crippen MR) is 69.2 cm³/mol. The molecule has 0 spiro atoms. The van der Waals surface area contributed by atoms with E-state index in [-0.39, 0.29) is 5.91 Å². The average molecular weight is 244 g/mol. The summed E-state index contributed by atoms with van der Waals surface area (Å²) in [6, 6.07) is 11.8. The van der Waals surface area contributed by atoms with Crippen molar-refractivity contribution < 1.29 is 9.32 Å². The van der Waals surface area contributed by atoms with Gasteiger partial charge in [0.1, 0.15) is 5.76 Å². The van der Waals surface area contributed by atoms with E-state index in [2.05, 4.69) is 22.6 Å². The third kappa shape index (κ3) is 3.73. The molecule has 1 aromatic carbocycles. The van der Waals surface area contributed by atoms with Gasteiger partial charge in [-0.1, -0.05) is 35.5 Å². The quantitative estimate of drug-likeness (QED) is 0.879. The maximum atomic E-state index is 11.6. The predicted octanol–water partition coefficient (Wildman–Crippen LogP) is 2.94. The topological polar surface area (TPSA) is 55.1 Å². The molecule has 0 aliphatic carbocycles. The highest BCUT2D eigenvalue weighted by atomic mass is 16.5. The third-order valence-electron chi connectivity index (χ3n) is 2.61. The van der Waals surface area contributed by atoms with Gasteiger partial charge in [-0.05, 0) is 25.3 Å². The number of carbonyl (C=O) groups is 1. The van der Waals surface area contributed by atoms with Gasteiger partial charge in [-0.25, -0.2) is 0 Å². The molecule has 0 aliphatic rings. The Hall–Kier alpha value is -2.10. The van der Waals surface area contributed by atoms with Gasteiger partial charge in [0, 0.05) is 12.5 Å². The standard InChI is InChI=1S/C14H16N2O2/c1-11-10-13(16-18-11)15-14(17)9-5-8-12-6-3-2-4-7-12/h2-4,6-7,10H,5,8-9H2,1H3,(H,15,16,17). The molecule has 1 aromatic heterocycles. The van der Waals surface area contributed by atoms with Crippen LogP contribution in [0.15, 0.2) is 40.9 Å². The van der Waals surface area contributed by atoms with Gasteiger partial charge in [0.15, 0.2) is 5.82 Å². The summed E-state index contributed by atoms with van der Waals surface area (Å²) < 4.78 is 4.87. The minimum Gasteiger partial charge on any atom is -0.360 e. The third-order valence-corrected chi connectivity index (χ3v) is 2.61. The van der Waals surface area contributed by atoms with E-state index in [1.165, 1.54) is 5.56 Å². The summed E-state index contributed by atoms with van der Waals surface area (Å²) in [5, 5.41) is 6.42. The molecule has 18 heavy (non-hydrogen) atoms. The van der Waals surface area contributed by atoms with Gasteiger partial charge in [-0.15, -0.1) is 0 Å². The largest absolute Gasteiger partial charge is 0.360 e. The molecule has 94 valence electrons. The second kappa shape index (κ2) is 6.00. The fourth-order valence-corrected chi connectivity index (χ4v) is 1.73. The number of nitrogens with zero attached hydrogens (tertiary/aromatic N) is 1. The zero-order valence-corrected chi connectivity index (χ0v) is 10.3. The van der Waals surface area contributed by atoms with E-state index in [4.69, 9.17) is 4.52 Å². The minimum atomic E-state index is -0.0285. The highest BCUT2D eigenvalue weighted by Crippen LogP contribution is 2.09. The number of nitrogens with one attached hydrogen (secondary N) is 1. The maximum Gasteiger partial charge on any atom is 0.225 e. The summed E-state index contributed by atoms with van der Waals surface area (Å²) in [6.45, 7) is 1.79. The Morgan fingerprint density at radius 2 is 2.11 bits per heavy atom. The molecular weight excluding hydrogens is 228 g/mol. The van der Waals surface area contributed by atoms with Crippen molar-refractivity contribution in [1.82, 2.24) is 5.16 Å². The Bertz CT molecular complexity index is 506.